The van der Waals surface area contributed by atoms with Gasteiger partial charge in [0.2, 0.25) is 5.91 Å². The van der Waals surface area contributed by atoms with Gasteiger partial charge in [-0.3, -0.25) is 19.1 Å². The number of carbonyl (C=O) groups excluding carboxylic acids is 1. The van der Waals surface area contributed by atoms with Gasteiger partial charge in [-0.25, -0.2) is 4.98 Å². The molecular formula is C23H20N4O2S. The number of aryl methyl sites for hydroxylation is 1. The molecule has 4 aromatic rings. The molecule has 1 N–H and O–H groups in total. The van der Waals surface area contributed by atoms with Gasteiger partial charge in [0.25, 0.3) is 5.56 Å². The fraction of sp³-hybridized carbons (Fsp3) is 0.130. The highest BCUT2D eigenvalue weighted by Crippen LogP contribution is 2.19. The van der Waals surface area contributed by atoms with E-state index in [0.717, 1.165) is 11.4 Å². The first-order valence-electron chi connectivity index (χ1n) is 9.58. The molecule has 0 radical (unpaired) electrons. The molecule has 2 heterocycles. The molecule has 0 saturated heterocycles. The molecule has 0 unspecified atom stereocenters. The van der Waals surface area contributed by atoms with E-state index in [2.05, 4.69) is 15.3 Å². The summed E-state index contributed by atoms with van der Waals surface area (Å²) in [6.45, 7) is 0.441. The van der Waals surface area contributed by atoms with Crippen LogP contribution in [-0.2, 0) is 17.8 Å². The minimum Gasteiger partial charge on any atom is -0.325 e. The van der Waals surface area contributed by atoms with E-state index in [4.69, 9.17) is 0 Å². The Morgan fingerprint density at radius 1 is 0.967 bits per heavy atom. The maximum atomic E-state index is 13.1. The zero-order chi connectivity index (χ0) is 20.8. The standard InChI is InChI=1S/C23H20N4O2S/c28-21(25-18-9-2-1-3-10-18)16-30-23-26-20-12-5-4-11-19(20)22(29)27(23)15-13-17-8-6-7-14-24-17/h1-12,14H,13,15-16H2,(H,25,28). The molecule has 0 aliphatic heterocycles. The molecule has 6 nitrogen and oxygen atoms in total. The number of rotatable bonds is 7. The summed E-state index contributed by atoms with van der Waals surface area (Å²) in [4.78, 5) is 34.4. The summed E-state index contributed by atoms with van der Waals surface area (Å²) in [7, 11) is 0. The highest BCUT2D eigenvalue weighted by atomic mass is 32.2. The van der Waals surface area contributed by atoms with Crippen LogP contribution in [0.25, 0.3) is 10.9 Å². The highest BCUT2D eigenvalue weighted by molar-refractivity contribution is 7.99. The lowest BCUT2D eigenvalue weighted by Gasteiger charge is -2.13. The Balaban J connectivity index is 1.57. The van der Waals surface area contributed by atoms with E-state index in [1.807, 2.05) is 66.7 Å². The Morgan fingerprint density at radius 3 is 2.53 bits per heavy atom. The van der Waals surface area contributed by atoms with Crippen molar-refractivity contribution >= 4 is 34.3 Å². The first kappa shape index (κ1) is 19.8. The van der Waals surface area contributed by atoms with Gasteiger partial charge in [0.05, 0.1) is 16.7 Å². The van der Waals surface area contributed by atoms with Crippen LogP contribution in [0.3, 0.4) is 0 Å². The topological polar surface area (TPSA) is 76.9 Å². The number of para-hydroxylation sites is 2. The Kier molecular flexibility index (Phi) is 6.20. The van der Waals surface area contributed by atoms with Gasteiger partial charge in [-0.15, -0.1) is 0 Å². The van der Waals surface area contributed by atoms with E-state index < -0.39 is 0 Å². The SMILES string of the molecule is O=C(CSc1nc2ccccc2c(=O)n1CCc1ccccn1)Nc1ccccc1. The summed E-state index contributed by atoms with van der Waals surface area (Å²) in [6.07, 6.45) is 2.34. The zero-order valence-corrected chi connectivity index (χ0v) is 17.0. The number of nitrogens with zero attached hydrogens (tertiary/aromatic N) is 3. The first-order chi connectivity index (χ1) is 14.7. The minimum atomic E-state index is -0.148. The molecule has 2 aromatic carbocycles. The quantitative estimate of drug-likeness (QED) is 0.367. The second-order valence-electron chi connectivity index (χ2n) is 6.64. The molecule has 30 heavy (non-hydrogen) atoms. The molecular weight excluding hydrogens is 396 g/mol. The molecule has 2 aromatic heterocycles. The molecule has 0 aliphatic carbocycles. The number of anilines is 1. The van der Waals surface area contributed by atoms with Crippen LogP contribution in [0.2, 0.25) is 0 Å². The third-order valence-corrected chi connectivity index (χ3v) is 5.51. The first-order valence-corrected chi connectivity index (χ1v) is 10.6. The Morgan fingerprint density at radius 2 is 1.73 bits per heavy atom. The van der Waals surface area contributed by atoms with E-state index in [0.29, 0.717) is 29.0 Å². The van der Waals surface area contributed by atoms with Crippen LogP contribution in [0.1, 0.15) is 5.69 Å². The molecule has 0 bridgehead atoms. The monoisotopic (exact) mass is 416 g/mol. The molecule has 150 valence electrons. The van der Waals surface area contributed by atoms with E-state index >= 15 is 0 Å². The smallest absolute Gasteiger partial charge is 0.262 e. The number of thioether (sulfide) groups is 1. The van der Waals surface area contributed by atoms with E-state index in [-0.39, 0.29) is 17.2 Å². The van der Waals surface area contributed by atoms with Crippen molar-refractivity contribution in [2.45, 2.75) is 18.1 Å². The minimum absolute atomic E-state index is 0.109. The molecule has 1 amide bonds. The lowest BCUT2D eigenvalue weighted by molar-refractivity contribution is -0.113. The third kappa shape index (κ3) is 4.75. The number of pyridine rings is 1. The summed E-state index contributed by atoms with van der Waals surface area (Å²) >= 11 is 1.26. The number of hydrogen-bond acceptors (Lipinski definition) is 5. The predicted octanol–water partition coefficient (Wildman–Crippen LogP) is 3.77. The summed E-state index contributed by atoms with van der Waals surface area (Å²) < 4.78 is 1.64. The average Bonchev–Trinajstić information content (AvgIpc) is 2.78. The Hall–Kier alpha value is -3.45. The third-order valence-electron chi connectivity index (χ3n) is 4.53. The van der Waals surface area contributed by atoms with Crippen LogP contribution in [0.4, 0.5) is 5.69 Å². The van der Waals surface area contributed by atoms with Crippen molar-refractivity contribution in [3.63, 3.8) is 0 Å². The van der Waals surface area contributed by atoms with Crippen molar-refractivity contribution in [3.05, 3.63) is 95.0 Å². The lowest BCUT2D eigenvalue weighted by atomic mass is 10.2. The van der Waals surface area contributed by atoms with E-state index in [1.165, 1.54) is 11.8 Å². The van der Waals surface area contributed by atoms with Crippen molar-refractivity contribution < 1.29 is 4.79 Å². The molecule has 0 atom stereocenters. The summed E-state index contributed by atoms with van der Waals surface area (Å²) in [6, 6.07) is 22.3. The molecule has 7 heteroatoms. The molecule has 0 spiro atoms. The Bertz CT molecular complexity index is 1210. The lowest BCUT2D eigenvalue weighted by Crippen LogP contribution is -2.25. The maximum Gasteiger partial charge on any atom is 0.262 e. The van der Waals surface area contributed by atoms with Crippen LogP contribution in [0.15, 0.2) is 88.9 Å². The van der Waals surface area contributed by atoms with Crippen molar-refractivity contribution in [3.8, 4) is 0 Å². The van der Waals surface area contributed by atoms with Gasteiger partial charge in [-0.2, -0.15) is 0 Å². The van der Waals surface area contributed by atoms with Crippen molar-refractivity contribution in [1.82, 2.24) is 14.5 Å². The summed E-state index contributed by atoms with van der Waals surface area (Å²) in [5.74, 6) is 0.00776. The van der Waals surface area contributed by atoms with Crippen LogP contribution in [0, 0.1) is 0 Å². The maximum absolute atomic E-state index is 13.1. The normalized spacial score (nSPS) is 10.8. The van der Waals surface area contributed by atoms with E-state index in [9.17, 15) is 9.59 Å². The molecule has 0 aliphatic rings. The van der Waals surface area contributed by atoms with Gasteiger partial charge >= 0.3 is 0 Å². The number of amides is 1. The molecule has 0 fully saturated rings. The van der Waals surface area contributed by atoms with Crippen molar-refractivity contribution in [2.24, 2.45) is 0 Å². The van der Waals surface area contributed by atoms with Crippen molar-refractivity contribution in [2.75, 3.05) is 11.1 Å². The van der Waals surface area contributed by atoms with Gasteiger partial charge in [0.15, 0.2) is 5.16 Å². The number of benzene rings is 2. The zero-order valence-electron chi connectivity index (χ0n) is 16.2. The van der Waals surface area contributed by atoms with Crippen LogP contribution in [-0.4, -0.2) is 26.2 Å². The van der Waals surface area contributed by atoms with Gasteiger partial charge in [0, 0.05) is 30.5 Å². The molecule has 0 saturated carbocycles. The Labute approximate surface area is 178 Å². The summed E-state index contributed by atoms with van der Waals surface area (Å²) in [5.41, 5.74) is 2.16. The van der Waals surface area contributed by atoms with Gasteiger partial charge in [-0.05, 0) is 36.4 Å². The van der Waals surface area contributed by atoms with Crippen LogP contribution < -0.4 is 10.9 Å². The fourth-order valence-electron chi connectivity index (χ4n) is 3.08. The second kappa shape index (κ2) is 9.37. The number of carbonyl (C=O) groups is 1. The van der Waals surface area contributed by atoms with E-state index in [1.54, 1.807) is 16.8 Å². The predicted molar refractivity (Wildman–Crippen MR) is 120 cm³/mol. The average molecular weight is 417 g/mol. The molecule has 4 rings (SSSR count). The van der Waals surface area contributed by atoms with Gasteiger partial charge in [-0.1, -0.05) is 48.2 Å². The largest absolute Gasteiger partial charge is 0.325 e. The summed E-state index contributed by atoms with van der Waals surface area (Å²) in [5, 5.41) is 3.95. The van der Waals surface area contributed by atoms with Crippen molar-refractivity contribution in [1.29, 1.82) is 0 Å². The number of nitrogens with one attached hydrogen (secondary N) is 1. The number of fused-ring (bicyclic) bond motifs is 1. The highest BCUT2D eigenvalue weighted by Gasteiger charge is 2.13. The van der Waals surface area contributed by atoms with Crippen LogP contribution >= 0.6 is 11.8 Å². The van der Waals surface area contributed by atoms with Crippen LogP contribution in [0.5, 0.6) is 0 Å². The second-order valence-corrected chi connectivity index (χ2v) is 7.58. The van der Waals surface area contributed by atoms with Gasteiger partial charge in [0.1, 0.15) is 0 Å². The number of aromatic nitrogens is 3. The van der Waals surface area contributed by atoms with Gasteiger partial charge < -0.3 is 5.32 Å². The fourth-order valence-corrected chi connectivity index (χ4v) is 3.90. The number of hydrogen-bond donors (Lipinski definition) is 1.